The van der Waals surface area contributed by atoms with E-state index in [4.69, 9.17) is 9.47 Å². The van der Waals surface area contributed by atoms with Gasteiger partial charge in [-0.25, -0.2) is 13.4 Å². The predicted octanol–water partition coefficient (Wildman–Crippen LogP) is 3.99. The average molecular weight is 492 g/mol. The Labute approximate surface area is 201 Å². The number of carbonyl (C=O) groups excluding carboxylic acids is 2. The predicted molar refractivity (Wildman–Crippen MR) is 130 cm³/mol. The first-order valence-corrected chi connectivity index (χ1v) is 12.9. The summed E-state index contributed by atoms with van der Waals surface area (Å²) in [6.07, 6.45) is 4.74. The van der Waals surface area contributed by atoms with Crippen molar-refractivity contribution < 1.29 is 27.5 Å². The molecule has 0 aliphatic rings. The summed E-state index contributed by atoms with van der Waals surface area (Å²) in [4.78, 5) is 29.3. The normalized spacial score (nSPS) is 12.1. The Kier molecular flexibility index (Phi) is 10.8. The molecule has 2 rings (SSSR count). The van der Waals surface area contributed by atoms with Crippen molar-refractivity contribution >= 4 is 33.5 Å². The number of esters is 2. The van der Waals surface area contributed by atoms with Crippen molar-refractivity contribution in [1.29, 1.82) is 0 Å². The molecule has 2 aromatic rings. The molecule has 2 N–H and O–H groups in total. The fraction of sp³-hybridized carbons (Fsp3) is 0.458. The number of unbranched alkanes of at least 4 members (excludes halogenated alkanes) is 2. The molecular formula is C24H33N3O6S. The molecule has 1 aromatic heterocycles. The van der Waals surface area contributed by atoms with E-state index in [0.29, 0.717) is 12.1 Å². The third-order valence-electron chi connectivity index (χ3n) is 5.02. The van der Waals surface area contributed by atoms with E-state index in [9.17, 15) is 18.0 Å². The molecule has 0 radical (unpaired) electrons. The van der Waals surface area contributed by atoms with Crippen LogP contribution >= 0.6 is 0 Å². The monoisotopic (exact) mass is 491 g/mol. The first-order valence-electron chi connectivity index (χ1n) is 11.5. The van der Waals surface area contributed by atoms with Crippen LogP contribution in [-0.4, -0.2) is 44.6 Å². The van der Waals surface area contributed by atoms with E-state index >= 15 is 0 Å². The molecule has 0 fully saturated rings. The number of hydrogen-bond donors (Lipinski definition) is 2. The number of benzene rings is 1. The number of nitrogens with zero attached hydrogens (tertiary/aromatic N) is 1. The highest BCUT2D eigenvalue weighted by atomic mass is 32.2. The number of ether oxygens (including phenoxy) is 2. The molecule has 0 spiro atoms. The molecule has 9 nitrogen and oxygen atoms in total. The Balaban J connectivity index is 2.24. The zero-order chi connectivity index (χ0) is 25.0. The van der Waals surface area contributed by atoms with E-state index in [-0.39, 0.29) is 23.9 Å². The molecule has 0 saturated heterocycles. The molecule has 1 unspecified atom stereocenters. The van der Waals surface area contributed by atoms with Gasteiger partial charge >= 0.3 is 11.9 Å². The summed E-state index contributed by atoms with van der Waals surface area (Å²) in [5, 5.41) is 3.22. The van der Waals surface area contributed by atoms with Crippen LogP contribution in [-0.2, 0) is 29.1 Å². The number of nitrogens with one attached hydrogen (secondary N) is 2. The van der Waals surface area contributed by atoms with Crippen LogP contribution in [0.3, 0.4) is 0 Å². The van der Waals surface area contributed by atoms with Crippen molar-refractivity contribution in [2.45, 2.75) is 57.4 Å². The van der Waals surface area contributed by atoms with Crippen molar-refractivity contribution in [3.05, 3.63) is 48.7 Å². The second-order valence-corrected chi connectivity index (χ2v) is 9.26. The van der Waals surface area contributed by atoms with E-state index in [1.54, 1.807) is 44.2 Å². The maximum Gasteiger partial charge on any atom is 0.322 e. The molecule has 1 heterocycles. The second kappa shape index (κ2) is 13.5. The number of carbonyl (C=O) groups is 2. The van der Waals surface area contributed by atoms with Crippen LogP contribution in [0.2, 0.25) is 0 Å². The van der Waals surface area contributed by atoms with E-state index in [1.165, 1.54) is 18.3 Å². The molecule has 1 atom stereocenters. The van der Waals surface area contributed by atoms with Crippen molar-refractivity contribution in [2.24, 2.45) is 5.92 Å². The van der Waals surface area contributed by atoms with Crippen LogP contribution in [0.25, 0.3) is 0 Å². The smallest absolute Gasteiger partial charge is 0.322 e. The minimum absolute atomic E-state index is 0.0542. The van der Waals surface area contributed by atoms with Crippen LogP contribution in [0.1, 0.15) is 46.5 Å². The third-order valence-corrected chi connectivity index (χ3v) is 6.39. The Hall–Kier alpha value is -3.14. The number of rotatable bonds is 14. The fourth-order valence-electron chi connectivity index (χ4n) is 3.39. The lowest BCUT2D eigenvalue weighted by molar-refractivity contribution is -0.162. The fourth-order valence-corrected chi connectivity index (χ4v) is 4.40. The SMILES string of the molecule is CCCCCC(Nc1ccc(S(=O)(=O)Nc2ccccn2)cc1)C(C(=O)OCC)C(=O)OCC. The number of pyridine rings is 1. The van der Waals surface area contributed by atoms with Crippen LogP contribution in [0.4, 0.5) is 11.5 Å². The molecule has 1 aromatic carbocycles. The van der Waals surface area contributed by atoms with Gasteiger partial charge in [-0.1, -0.05) is 32.3 Å². The van der Waals surface area contributed by atoms with Crippen LogP contribution in [0.5, 0.6) is 0 Å². The maximum absolute atomic E-state index is 12.6. The lowest BCUT2D eigenvalue weighted by atomic mass is 9.94. The largest absolute Gasteiger partial charge is 0.465 e. The Morgan fingerprint density at radius 1 is 0.941 bits per heavy atom. The minimum atomic E-state index is -3.82. The van der Waals surface area contributed by atoms with E-state index in [0.717, 1.165) is 19.3 Å². The molecule has 10 heteroatoms. The third kappa shape index (κ3) is 8.02. The molecular weight excluding hydrogens is 458 g/mol. The van der Waals surface area contributed by atoms with Gasteiger partial charge in [0.25, 0.3) is 10.0 Å². The van der Waals surface area contributed by atoms with Crippen molar-refractivity contribution in [3.8, 4) is 0 Å². The number of sulfonamides is 1. The summed E-state index contributed by atoms with van der Waals surface area (Å²) in [5.74, 6) is -2.21. The molecule has 0 bridgehead atoms. The zero-order valence-electron chi connectivity index (χ0n) is 19.8. The zero-order valence-corrected chi connectivity index (χ0v) is 20.6. The van der Waals surface area contributed by atoms with Gasteiger partial charge in [0.2, 0.25) is 0 Å². The van der Waals surface area contributed by atoms with Gasteiger partial charge in [0.15, 0.2) is 5.92 Å². The Bertz CT molecular complexity index is 995. The topological polar surface area (TPSA) is 124 Å². The van der Waals surface area contributed by atoms with Crippen LogP contribution in [0.15, 0.2) is 53.6 Å². The first-order chi connectivity index (χ1) is 16.3. The highest BCUT2D eigenvalue weighted by Gasteiger charge is 2.37. The van der Waals surface area contributed by atoms with Gasteiger partial charge in [0.1, 0.15) is 5.82 Å². The summed E-state index contributed by atoms with van der Waals surface area (Å²) in [5.41, 5.74) is 0.567. The molecule has 0 aliphatic heterocycles. The minimum Gasteiger partial charge on any atom is -0.465 e. The molecule has 34 heavy (non-hydrogen) atoms. The van der Waals surface area contributed by atoms with Gasteiger partial charge in [-0.05, 0) is 56.7 Å². The van der Waals surface area contributed by atoms with Gasteiger partial charge in [0.05, 0.1) is 24.2 Å². The van der Waals surface area contributed by atoms with Gasteiger partial charge < -0.3 is 14.8 Å². The van der Waals surface area contributed by atoms with Crippen molar-refractivity contribution in [3.63, 3.8) is 0 Å². The molecule has 0 amide bonds. The first kappa shape index (κ1) is 27.1. The van der Waals surface area contributed by atoms with Crippen LogP contribution in [0, 0.1) is 5.92 Å². The number of anilines is 2. The highest BCUT2D eigenvalue weighted by Crippen LogP contribution is 2.23. The van der Waals surface area contributed by atoms with Crippen LogP contribution < -0.4 is 10.0 Å². The number of aromatic nitrogens is 1. The summed E-state index contributed by atoms with van der Waals surface area (Å²) >= 11 is 0. The average Bonchev–Trinajstić information content (AvgIpc) is 2.80. The summed E-state index contributed by atoms with van der Waals surface area (Å²) in [7, 11) is -3.82. The molecule has 186 valence electrons. The maximum atomic E-state index is 12.6. The van der Waals surface area contributed by atoms with Gasteiger partial charge in [-0.2, -0.15) is 0 Å². The Morgan fingerprint density at radius 3 is 2.12 bits per heavy atom. The molecule has 0 aliphatic carbocycles. The quantitative estimate of drug-likeness (QED) is 0.231. The van der Waals surface area contributed by atoms with E-state index in [1.807, 2.05) is 0 Å². The van der Waals surface area contributed by atoms with Crippen molar-refractivity contribution in [1.82, 2.24) is 4.98 Å². The summed E-state index contributed by atoms with van der Waals surface area (Å²) < 4.78 is 38.0. The molecule has 0 saturated carbocycles. The van der Waals surface area contributed by atoms with Gasteiger partial charge in [0, 0.05) is 11.9 Å². The standard InChI is InChI=1S/C24H33N3O6S/c1-4-7-8-11-20(22(23(28)32-5-2)24(29)33-6-3)26-18-13-15-19(16-14-18)34(30,31)27-21-12-9-10-17-25-21/h9-10,12-17,20,22,26H,4-8,11H2,1-3H3,(H,25,27). The number of hydrogen-bond acceptors (Lipinski definition) is 8. The lowest BCUT2D eigenvalue weighted by Crippen LogP contribution is -2.42. The van der Waals surface area contributed by atoms with Crippen molar-refractivity contribution in [2.75, 3.05) is 23.3 Å². The van der Waals surface area contributed by atoms with Gasteiger partial charge in [-0.3, -0.25) is 14.3 Å². The summed E-state index contributed by atoms with van der Waals surface area (Å²) in [6.45, 7) is 5.71. The van der Waals surface area contributed by atoms with Gasteiger partial charge in [-0.15, -0.1) is 0 Å². The van der Waals surface area contributed by atoms with E-state index in [2.05, 4.69) is 21.9 Å². The lowest BCUT2D eigenvalue weighted by Gasteiger charge is -2.26. The Morgan fingerprint density at radius 2 is 1.59 bits per heavy atom. The highest BCUT2D eigenvalue weighted by molar-refractivity contribution is 7.92. The summed E-state index contributed by atoms with van der Waals surface area (Å²) in [6, 6.07) is 10.4. The van der Waals surface area contributed by atoms with E-state index < -0.39 is 33.9 Å². The second-order valence-electron chi connectivity index (χ2n) is 7.57.